The van der Waals surface area contributed by atoms with Crippen molar-refractivity contribution in [3.8, 4) is 17.0 Å². The molecule has 0 spiro atoms. The van der Waals surface area contributed by atoms with Gasteiger partial charge in [-0.2, -0.15) is 5.10 Å². The standard InChI is InChI=1S/C21H22N2O3/c1-15-6-4-5-7-19(15)20-12-17(23(2)22-20)13-21(24)26-14-16-8-10-18(25-3)11-9-16/h4-12H,13-14H2,1-3H3. The lowest BCUT2D eigenvalue weighted by atomic mass is 10.1. The minimum atomic E-state index is -0.278. The zero-order valence-electron chi connectivity index (χ0n) is 15.2. The number of carbonyl (C=O) groups excluding carboxylic acids is 1. The maximum atomic E-state index is 12.2. The molecule has 0 fully saturated rings. The molecule has 0 amide bonds. The molecule has 0 atom stereocenters. The topological polar surface area (TPSA) is 53.4 Å². The third-order valence-corrected chi connectivity index (χ3v) is 4.28. The van der Waals surface area contributed by atoms with E-state index < -0.39 is 0 Å². The number of benzene rings is 2. The van der Waals surface area contributed by atoms with Gasteiger partial charge in [-0.15, -0.1) is 0 Å². The van der Waals surface area contributed by atoms with Crippen molar-refractivity contribution in [1.29, 1.82) is 0 Å². The van der Waals surface area contributed by atoms with Gasteiger partial charge in [-0.3, -0.25) is 9.48 Å². The molecule has 0 radical (unpaired) electrons. The summed E-state index contributed by atoms with van der Waals surface area (Å²) in [6, 6.07) is 17.5. The number of hydrogen-bond acceptors (Lipinski definition) is 4. The van der Waals surface area contributed by atoms with Crippen LogP contribution in [0.1, 0.15) is 16.8 Å². The lowest BCUT2D eigenvalue weighted by molar-refractivity contribution is -0.144. The molecule has 3 aromatic rings. The Morgan fingerprint density at radius 3 is 2.54 bits per heavy atom. The largest absolute Gasteiger partial charge is 0.497 e. The SMILES string of the molecule is COc1ccc(COC(=O)Cc2cc(-c3ccccc3C)nn2C)cc1. The second-order valence-corrected chi connectivity index (χ2v) is 6.14. The van der Waals surface area contributed by atoms with Crippen molar-refractivity contribution in [2.75, 3.05) is 7.11 Å². The third kappa shape index (κ3) is 4.11. The van der Waals surface area contributed by atoms with E-state index in [1.165, 1.54) is 0 Å². The van der Waals surface area contributed by atoms with Crippen LogP contribution in [0.2, 0.25) is 0 Å². The zero-order chi connectivity index (χ0) is 18.5. The van der Waals surface area contributed by atoms with Crippen LogP contribution < -0.4 is 4.74 Å². The number of aryl methyl sites for hydroxylation is 2. The second-order valence-electron chi connectivity index (χ2n) is 6.14. The highest BCUT2D eigenvalue weighted by atomic mass is 16.5. The molecular weight excluding hydrogens is 328 g/mol. The van der Waals surface area contributed by atoms with Crippen molar-refractivity contribution in [3.05, 3.63) is 71.4 Å². The number of aromatic nitrogens is 2. The van der Waals surface area contributed by atoms with Crippen LogP contribution in [-0.4, -0.2) is 22.9 Å². The average molecular weight is 350 g/mol. The van der Waals surface area contributed by atoms with Crippen LogP contribution in [0.15, 0.2) is 54.6 Å². The predicted octanol–water partition coefficient (Wildman–Crippen LogP) is 3.69. The van der Waals surface area contributed by atoms with Crippen LogP contribution in [0.5, 0.6) is 5.75 Å². The monoisotopic (exact) mass is 350 g/mol. The molecule has 5 heteroatoms. The Labute approximate surface area is 153 Å². The summed E-state index contributed by atoms with van der Waals surface area (Å²) >= 11 is 0. The summed E-state index contributed by atoms with van der Waals surface area (Å²) in [5.74, 6) is 0.499. The van der Waals surface area contributed by atoms with Crippen LogP contribution in [-0.2, 0) is 29.6 Å². The number of esters is 1. The van der Waals surface area contributed by atoms with Crippen molar-refractivity contribution >= 4 is 5.97 Å². The summed E-state index contributed by atoms with van der Waals surface area (Å²) < 4.78 is 12.2. The Bertz CT molecular complexity index is 898. The highest BCUT2D eigenvalue weighted by Gasteiger charge is 2.13. The molecule has 5 nitrogen and oxygen atoms in total. The van der Waals surface area contributed by atoms with Gasteiger partial charge in [-0.25, -0.2) is 0 Å². The molecule has 0 N–H and O–H groups in total. The first-order chi connectivity index (χ1) is 12.6. The van der Waals surface area contributed by atoms with E-state index >= 15 is 0 Å². The minimum Gasteiger partial charge on any atom is -0.497 e. The first-order valence-electron chi connectivity index (χ1n) is 8.44. The van der Waals surface area contributed by atoms with E-state index in [-0.39, 0.29) is 19.0 Å². The lowest BCUT2D eigenvalue weighted by Gasteiger charge is -2.06. The number of methoxy groups -OCH3 is 1. The lowest BCUT2D eigenvalue weighted by Crippen LogP contribution is -2.11. The molecule has 0 aliphatic rings. The summed E-state index contributed by atoms with van der Waals surface area (Å²) in [7, 11) is 3.46. The number of hydrogen-bond donors (Lipinski definition) is 0. The van der Waals surface area contributed by atoms with Crippen LogP contribution >= 0.6 is 0 Å². The van der Waals surface area contributed by atoms with Gasteiger partial charge in [0.1, 0.15) is 12.4 Å². The Morgan fingerprint density at radius 1 is 1.12 bits per heavy atom. The molecule has 0 bridgehead atoms. The molecule has 0 saturated carbocycles. The summed E-state index contributed by atoms with van der Waals surface area (Å²) in [6.45, 7) is 2.29. The molecule has 3 rings (SSSR count). The van der Waals surface area contributed by atoms with E-state index in [1.807, 2.05) is 68.6 Å². The number of carbonyl (C=O) groups is 1. The van der Waals surface area contributed by atoms with Gasteiger partial charge in [0, 0.05) is 18.3 Å². The average Bonchev–Trinajstić information content (AvgIpc) is 3.01. The van der Waals surface area contributed by atoms with E-state index in [1.54, 1.807) is 11.8 Å². The first-order valence-corrected chi connectivity index (χ1v) is 8.44. The highest BCUT2D eigenvalue weighted by Crippen LogP contribution is 2.22. The molecule has 1 aromatic heterocycles. The van der Waals surface area contributed by atoms with E-state index in [0.29, 0.717) is 0 Å². The summed E-state index contributed by atoms with van der Waals surface area (Å²) in [5, 5.41) is 4.53. The van der Waals surface area contributed by atoms with Gasteiger partial charge >= 0.3 is 5.97 Å². The highest BCUT2D eigenvalue weighted by molar-refractivity contribution is 5.73. The quantitative estimate of drug-likeness (QED) is 0.636. The van der Waals surface area contributed by atoms with Gasteiger partial charge in [-0.1, -0.05) is 36.4 Å². The Hall–Kier alpha value is -3.08. The molecule has 0 saturated heterocycles. The van der Waals surface area contributed by atoms with Crippen molar-refractivity contribution < 1.29 is 14.3 Å². The van der Waals surface area contributed by atoms with Gasteiger partial charge in [0.25, 0.3) is 0 Å². The van der Waals surface area contributed by atoms with Gasteiger partial charge in [0.05, 0.1) is 19.2 Å². The Balaban J connectivity index is 1.63. The Morgan fingerprint density at radius 2 is 1.85 bits per heavy atom. The van der Waals surface area contributed by atoms with E-state index in [4.69, 9.17) is 9.47 Å². The van der Waals surface area contributed by atoms with Crippen molar-refractivity contribution in [2.45, 2.75) is 20.0 Å². The molecular formula is C21H22N2O3. The van der Waals surface area contributed by atoms with Gasteiger partial charge in [-0.05, 0) is 36.2 Å². The normalized spacial score (nSPS) is 10.6. The molecule has 134 valence electrons. The van der Waals surface area contributed by atoms with Gasteiger partial charge in [0.15, 0.2) is 0 Å². The smallest absolute Gasteiger partial charge is 0.312 e. The fraction of sp³-hybridized carbons (Fsp3) is 0.238. The fourth-order valence-corrected chi connectivity index (χ4v) is 2.75. The van der Waals surface area contributed by atoms with Crippen LogP contribution in [0.25, 0.3) is 11.3 Å². The second kappa shape index (κ2) is 7.87. The zero-order valence-corrected chi connectivity index (χ0v) is 15.2. The maximum absolute atomic E-state index is 12.2. The van der Waals surface area contributed by atoms with Crippen LogP contribution in [0.4, 0.5) is 0 Å². The van der Waals surface area contributed by atoms with Crippen molar-refractivity contribution in [2.24, 2.45) is 7.05 Å². The van der Waals surface area contributed by atoms with E-state index in [0.717, 1.165) is 33.8 Å². The number of rotatable bonds is 6. The number of ether oxygens (including phenoxy) is 2. The fourth-order valence-electron chi connectivity index (χ4n) is 2.75. The molecule has 26 heavy (non-hydrogen) atoms. The third-order valence-electron chi connectivity index (χ3n) is 4.28. The molecule has 2 aromatic carbocycles. The number of nitrogens with zero attached hydrogens (tertiary/aromatic N) is 2. The Kier molecular flexibility index (Phi) is 5.37. The predicted molar refractivity (Wildman–Crippen MR) is 99.9 cm³/mol. The minimum absolute atomic E-state index is 0.186. The van der Waals surface area contributed by atoms with Gasteiger partial charge in [0.2, 0.25) is 0 Å². The summed E-state index contributed by atoms with van der Waals surface area (Å²) in [4.78, 5) is 12.2. The molecule has 0 unspecified atom stereocenters. The van der Waals surface area contributed by atoms with Crippen molar-refractivity contribution in [1.82, 2.24) is 9.78 Å². The van der Waals surface area contributed by atoms with Crippen LogP contribution in [0.3, 0.4) is 0 Å². The van der Waals surface area contributed by atoms with Gasteiger partial charge < -0.3 is 9.47 Å². The molecule has 1 heterocycles. The maximum Gasteiger partial charge on any atom is 0.312 e. The summed E-state index contributed by atoms with van der Waals surface area (Å²) in [5.41, 5.74) is 4.83. The first kappa shape index (κ1) is 17.7. The van der Waals surface area contributed by atoms with E-state index in [9.17, 15) is 4.79 Å². The molecule has 0 aliphatic carbocycles. The molecule has 0 aliphatic heterocycles. The summed E-state index contributed by atoms with van der Waals surface area (Å²) in [6.07, 6.45) is 0.186. The van der Waals surface area contributed by atoms with Crippen molar-refractivity contribution in [3.63, 3.8) is 0 Å². The van der Waals surface area contributed by atoms with Crippen LogP contribution in [0, 0.1) is 6.92 Å². The van der Waals surface area contributed by atoms with E-state index in [2.05, 4.69) is 5.10 Å².